The van der Waals surface area contributed by atoms with Crippen LogP contribution in [0.3, 0.4) is 0 Å². The number of thioether (sulfide) groups is 1. The van der Waals surface area contributed by atoms with E-state index in [1.807, 2.05) is 13.1 Å². The molecular weight excluding hydrogens is 372 g/mol. The standard InChI is InChI=1S/C20H28N6OS/c1-4-14(3)21-18(27)12-28-20-23-22-19-17-11-16(15-7-5-13(2)6-8-15)24-26(17)10-9-25(19)20/h5-10,14,16-17,19,22,24H,4,11-12H2,1-3H3,(H,21,27)/t14-,16?,17?,19?/m0/s1. The van der Waals surface area contributed by atoms with Gasteiger partial charge >= 0.3 is 0 Å². The number of aryl methyl sites for hydroxylation is 1. The molecule has 0 radical (unpaired) electrons. The first-order valence-corrected chi connectivity index (χ1v) is 10.9. The summed E-state index contributed by atoms with van der Waals surface area (Å²) in [5, 5.41) is 10.5. The number of hydrogen-bond donors (Lipinski definition) is 3. The molecule has 0 spiro atoms. The maximum atomic E-state index is 12.1. The van der Waals surface area contributed by atoms with Crippen molar-refractivity contribution < 1.29 is 4.79 Å². The van der Waals surface area contributed by atoms with Crippen molar-refractivity contribution >= 4 is 22.8 Å². The molecule has 3 unspecified atom stereocenters. The fourth-order valence-electron chi connectivity index (χ4n) is 3.71. The summed E-state index contributed by atoms with van der Waals surface area (Å²) in [6.07, 6.45) is 6.10. The van der Waals surface area contributed by atoms with Gasteiger partial charge in [-0.3, -0.25) is 10.2 Å². The zero-order valence-corrected chi connectivity index (χ0v) is 17.4. The van der Waals surface area contributed by atoms with Crippen LogP contribution in [0.4, 0.5) is 0 Å². The van der Waals surface area contributed by atoms with Crippen LogP contribution in [0.25, 0.3) is 0 Å². The van der Waals surface area contributed by atoms with Crippen molar-refractivity contribution in [3.8, 4) is 0 Å². The zero-order chi connectivity index (χ0) is 19.7. The molecule has 4 rings (SSSR count). The van der Waals surface area contributed by atoms with Crippen molar-refractivity contribution in [2.45, 2.75) is 57.9 Å². The second kappa shape index (κ2) is 8.05. The molecule has 7 nitrogen and oxygen atoms in total. The number of rotatable bonds is 5. The molecule has 1 saturated heterocycles. The van der Waals surface area contributed by atoms with E-state index in [4.69, 9.17) is 0 Å². The summed E-state index contributed by atoms with van der Waals surface area (Å²) in [5.74, 6) is 0.427. The second-order valence-corrected chi connectivity index (χ2v) is 8.58. The predicted octanol–water partition coefficient (Wildman–Crippen LogP) is 2.25. The van der Waals surface area contributed by atoms with E-state index in [-0.39, 0.29) is 30.2 Å². The molecule has 3 N–H and O–H groups in total. The second-order valence-electron chi connectivity index (χ2n) is 7.64. The number of fused-ring (bicyclic) bond motifs is 3. The van der Waals surface area contributed by atoms with Crippen LogP contribution in [0.5, 0.6) is 0 Å². The highest BCUT2D eigenvalue weighted by Crippen LogP contribution is 2.35. The van der Waals surface area contributed by atoms with Gasteiger partial charge in [0, 0.05) is 18.4 Å². The van der Waals surface area contributed by atoms with E-state index in [0.717, 1.165) is 18.0 Å². The summed E-state index contributed by atoms with van der Waals surface area (Å²) in [6.45, 7) is 6.20. The van der Waals surface area contributed by atoms with Gasteiger partial charge in [-0.2, -0.15) is 5.10 Å². The Balaban J connectivity index is 1.36. The SMILES string of the molecule is CC[C@H](C)NC(=O)CSC1=NNC2C3CC(c4ccc(C)cc4)NN3C=CN12. The quantitative estimate of drug-likeness (QED) is 0.704. The molecule has 0 bridgehead atoms. The van der Waals surface area contributed by atoms with Crippen molar-refractivity contribution in [3.05, 3.63) is 47.8 Å². The molecule has 0 aromatic heterocycles. The van der Waals surface area contributed by atoms with Crippen LogP contribution in [0.15, 0.2) is 41.8 Å². The molecule has 1 aromatic rings. The lowest BCUT2D eigenvalue weighted by atomic mass is 9.99. The van der Waals surface area contributed by atoms with Gasteiger partial charge < -0.3 is 15.2 Å². The largest absolute Gasteiger partial charge is 0.353 e. The van der Waals surface area contributed by atoms with Crippen LogP contribution < -0.4 is 16.2 Å². The molecule has 3 aliphatic heterocycles. The molecule has 8 heteroatoms. The molecule has 0 saturated carbocycles. The molecule has 28 heavy (non-hydrogen) atoms. The third-order valence-electron chi connectivity index (χ3n) is 5.54. The topological polar surface area (TPSA) is 72.0 Å². The third-order valence-corrected chi connectivity index (χ3v) is 6.50. The minimum atomic E-state index is 0.0510. The molecule has 1 aromatic carbocycles. The lowest BCUT2D eigenvalue weighted by Crippen LogP contribution is -2.54. The number of carbonyl (C=O) groups excluding carboxylic acids is 1. The van der Waals surface area contributed by atoms with E-state index in [1.54, 1.807) is 0 Å². The van der Waals surface area contributed by atoms with Crippen molar-refractivity contribution in [1.82, 2.24) is 26.1 Å². The first kappa shape index (κ1) is 19.1. The molecule has 0 aliphatic carbocycles. The first-order valence-electron chi connectivity index (χ1n) is 9.88. The van der Waals surface area contributed by atoms with Crippen molar-refractivity contribution in [3.63, 3.8) is 0 Å². The maximum absolute atomic E-state index is 12.1. The van der Waals surface area contributed by atoms with E-state index in [9.17, 15) is 4.79 Å². The lowest BCUT2D eigenvalue weighted by molar-refractivity contribution is -0.119. The minimum absolute atomic E-state index is 0.0510. The van der Waals surface area contributed by atoms with E-state index in [2.05, 4.69) is 75.5 Å². The van der Waals surface area contributed by atoms with Gasteiger partial charge in [-0.1, -0.05) is 48.5 Å². The molecular formula is C20H28N6OS. The summed E-state index contributed by atoms with van der Waals surface area (Å²) in [4.78, 5) is 14.2. The Kier molecular flexibility index (Phi) is 5.50. The zero-order valence-electron chi connectivity index (χ0n) is 16.6. The van der Waals surface area contributed by atoms with E-state index < -0.39 is 0 Å². The van der Waals surface area contributed by atoms with E-state index in [1.165, 1.54) is 22.9 Å². The number of benzene rings is 1. The van der Waals surface area contributed by atoms with Crippen LogP contribution in [-0.4, -0.2) is 45.0 Å². The Morgan fingerprint density at radius 3 is 2.89 bits per heavy atom. The van der Waals surface area contributed by atoms with Gasteiger partial charge in [0.1, 0.15) is 6.17 Å². The van der Waals surface area contributed by atoms with Crippen molar-refractivity contribution in [2.24, 2.45) is 5.10 Å². The lowest BCUT2D eigenvalue weighted by Gasteiger charge is -2.36. The van der Waals surface area contributed by atoms with Gasteiger partial charge in [0.2, 0.25) is 5.91 Å². The normalized spacial score (nSPS) is 26.4. The fourth-order valence-corrected chi connectivity index (χ4v) is 4.50. The molecule has 4 atom stereocenters. The van der Waals surface area contributed by atoms with Gasteiger partial charge in [-0.25, -0.2) is 5.43 Å². The van der Waals surface area contributed by atoms with Gasteiger partial charge in [0.05, 0.1) is 17.8 Å². The fraction of sp³-hybridized carbons (Fsp3) is 0.500. The summed E-state index contributed by atoms with van der Waals surface area (Å²) >= 11 is 1.47. The Labute approximate surface area is 170 Å². The number of nitrogens with zero attached hydrogens (tertiary/aromatic N) is 3. The number of carbonyl (C=O) groups is 1. The number of amidine groups is 1. The Morgan fingerprint density at radius 1 is 1.36 bits per heavy atom. The van der Waals surface area contributed by atoms with Gasteiger partial charge in [-0.15, -0.1) is 0 Å². The molecule has 1 fully saturated rings. The van der Waals surface area contributed by atoms with Crippen molar-refractivity contribution in [2.75, 3.05) is 5.75 Å². The number of hydrogen-bond acceptors (Lipinski definition) is 7. The summed E-state index contributed by atoms with van der Waals surface area (Å²) in [5.41, 5.74) is 9.43. The summed E-state index contributed by atoms with van der Waals surface area (Å²) < 4.78 is 0. The number of hydrazone groups is 1. The van der Waals surface area contributed by atoms with Crippen LogP contribution >= 0.6 is 11.8 Å². The average Bonchev–Trinajstić information content (AvgIpc) is 3.30. The maximum Gasteiger partial charge on any atom is 0.230 e. The molecule has 3 heterocycles. The van der Waals surface area contributed by atoms with Crippen LogP contribution in [0.1, 0.15) is 43.9 Å². The molecule has 3 aliphatic rings. The smallest absolute Gasteiger partial charge is 0.230 e. The van der Waals surface area contributed by atoms with E-state index >= 15 is 0 Å². The summed E-state index contributed by atoms with van der Waals surface area (Å²) in [6, 6.07) is 9.48. The number of nitrogens with one attached hydrogen (secondary N) is 3. The minimum Gasteiger partial charge on any atom is -0.353 e. The number of hydrazine groups is 1. The van der Waals surface area contributed by atoms with Gasteiger partial charge in [-0.05, 0) is 32.3 Å². The number of amides is 1. The van der Waals surface area contributed by atoms with Crippen LogP contribution in [-0.2, 0) is 4.79 Å². The monoisotopic (exact) mass is 400 g/mol. The highest BCUT2D eigenvalue weighted by molar-refractivity contribution is 8.14. The van der Waals surface area contributed by atoms with E-state index in [0.29, 0.717) is 5.75 Å². The van der Waals surface area contributed by atoms with Gasteiger partial charge in [0.25, 0.3) is 0 Å². The predicted molar refractivity (Wildman–Crippen MR) is 113 cm³/mol. The molecule has 150 valence electrons. The van der Waals surface area contributed by atoms with Crippen LogP contribution in [0.2, 0.25) is 0 Å². The Morgan fingerprint density at radius 2 is 2.14 bits per heavy atom. The first-order chi connectivity index (χ1) is 13.5. The Hall–Kier alpha value is -2.19. The average molecular weight is 401 g/mol. The van der Waals surface area contributed by atoms with Crippen LogP contribution in [0, 0.1) is 6.92 Å². The van der Waals surface area contributed by atoms with Crippen molar-refractivity contribution in [1.29, 1.82) is 0 Å². The van der Waals surface area contributed by atoms with Gasteiger partial charge in [0.15, 0.2) is 5.17 Å². The third kappa shape index (κ3) is 3.84. The summed E-state index contributed by atoms with van der Waals surface area (Å²) in [7, 11) is 0. The highest BCUT2D eigenvalue weighted by Gasteiger charge is 2.44. The molecule has 1 amide bonds. The Bertz CT molecular complexity index is 779. The highest BCUT2D eigenvalue weighted by atomic mass is 32.2.